The third-order valence-electron chi connectivity index (χ3n) is 3.84. The monoisotopic (exact) mass is 349 g/mol. The van der Waals surface area contributed by atoms with Crippen LogP contribution in [-0.4, -0.2) is 46.8 Å². The molecule has 0 saturated heterocycles. The molecule has 135 valence electrons. The van der Waals surface area contributed by atoms with Crippen LogP contribution in [0.5, 0.6) is 0 Å². The van der Waals surface area contributed by atoms with E-state index in [1.807, 2.05) is 0 Å². The molecule has 0 aromatic carbocycles. The number of ether oxygens (including phenoxy) is 1. The maximum absolute atomic E-state index is 11.0. The summed E-state index contributed by atoms with van der Waals surface area (Å²) in [6.07, 6.45) is 18.8. The molecule has 0 heterocycles. The second-order valence-corrected chi connectivity index (χ2v) is 6.07. The minimum absolute atomic E-state index is 0. The molecule has 5 heteroatoms. The Bertz CT molecular complexity index is 329. The Labute approximate surface area is 169 Å². The van der Waals surface area contributed by atoms with Crippen molar-refractivity contribution in [3.8, 4) is 0 Å². The standard InChI is InChI=1S/C19H34O4.Na/c1-2-3-4-5-6-7-8-9-10-11-12-13-14-15-16-17-18(20)23-19(21)22;/h9-10H,2-8,11-17H2,1H3,(H,21,22);/b10-9-;. The third kappa shape index (κ3) is 21.7. The molecule has 0 aliphatic rings. The van der Waals surface area contributed by atoms with Gasteiger partial charge in [0.2, 0.25) is 0 Å². The zero-order valence-corrected chi connectivity index (χ0v) is 17.7. The van der Waals surface area contributed by atoms with Crippen LogP contribution in [0.15, 0.2) is 12.2 Å². The van der Waals surface area contributed by atoms with E-state index in [0.717, 1.165) is 25.7 Å². The second-order valence-electron chi connectivity index (χ2n) is 6.07. The smallest absolute Gasteiger partial charge is 0.449 e. The van der Waals surface area contributed by atoms with Crippen LogP contribution in [-0.2, 0) is 9.53 Å². The maximum Gasteiger partial charge on any atom is 0.513 e. The van der Waals surface area contributed by atoms with Crippen molar-refractivity contribution < 1.29 is 19.4 Å². The SMILES string of the molecule is CCCCCCCC/C=C\CCCCCCCC(=O)OC(=O)O.[Na]. The molecule has 0 aromatic heterocycles. The van der Waals surface area contributed by atoms with Crippen molar-refractivity contribution in [3.63, 3.8) is 0 Å². The summed E-state index contributed by atoms with van der Waals surface area (Å²) in [7, 11) is 0. The van der Waals surface area contributed by atoms with Crippen LogP contribution in [0, 0.1) is 0 Å². The van der Waals surface area contributed by atoms with E-state index in [2.05, 4.69) is 23.8 Å². The Kier molecular flexibility index (Phi) is 22.4. The van der Waals surface area contributed by atoms with Crippen LogP contribution in [0.25, 0.3) is 0 Å². The largest absolute Gasteiger partial charge is 0.513 e. The van der Waals surface area contributed by atoms with Gasteiger partial charge in [-0.1, -0.05) is 70.4 Å². The molecule has 0 aromatic rings. The molecule has 0 rings (SSSR count). The first kappa shape index (κ1) is 25.9. The number of carboxylic acid groups (broad SMARTS) is 1. The Balaban J connectivity index is 0. The molecule has 4 nitrogen and oxygen atoms in total. The van der Waals surface area contributed by atoms with Crippen molar-refractivity contribution >= 4 is 41.7 Å². The molecule has 0 amide bonds. The van der Waals surface area contributed by atoms with Crippen molar-refractivity contribution in [3.05, 3.63) is 12.2 Å². The summed E-state index contributed by atoms with van der Waals surface area (Å²) >= 11 is 0. The molecular formula is C19H34NaO4. The fraction of sp³-hybridized carbons (Fsp3) is 0.789. The van der Waals surface area contributed by atoms with Crippen LogP contribution < -0.4 is 0 Å². The van der Waals surface area contributed by atoms with Crippen molar-refractivity contribution in [1.29, 1.82) is 0 Å². The van der Waals surface area contributed by atoms with E-state index in [-0.39, 0.29) is 36.0 Å². The fourth-order valence-corrected chi connectivity index (χ4v) is 2.49. The third-order valence-corrected chi connectivity index (χ3v) is 3.84. The molecule has 0 aliphatic heterocycles. The Morgan fingerprint density at radius 2 is 1.25 bits per heavy atom. The Morgan fingerprint density at radius 3 is 1.75 bits per heavy atom. The molecule has 0 fully saturated rings. The zero-order valence-electron chi connectivity index (χ0n) is 15.7. The summed E-state index contributed by atoms with van der Waals surface area (Å²) in [6, 6.07) is 0. The average Bonchev–Trinajstić information content (AvgIpc) is 2.50. The first-order valence-electron chi connectivity index (χ1n) is 9.25. The molecule has 1 radical (unpaired) electrons. The van der Waals surface area contributed by atoms with Crippen LogP contribution in [0.1, 0.15) is 96.8 Å². The van der Waals surface area contributed by atoms with Gasteiger partial charge in [0, 0.05) is 36.0 Å². The normalized spacial score (nSPS) is 10.5. The van der Waals surface area contributed by atoms with Gasteiger partial charge in [-0.05, 0) is 32.1 Å². The molecule has 24 heavy (non-hydrogen) atoms. The van der Waals surface area contributed by atoms with Crippen molar-refractivity contribution in [1.82, 2.24) is 0 Å². The quantitative estimate of drug-likeness (QED) is 0.132. The van der Waals surface area contributed by atoms with E-state index in [9.17, 15) is 9.59 Å². The van der Waals surface area contributed by atoms with Gasteiger partial charge in [-0.3, -0.25) is 4.79 Å². The predicted molar refractivity (Wildman–Crippen MR) is 99.3 cm³/mol. The summed E-state index contributed by atoms with van der Waals surface area (Å²) in [4.78, 5) is 21.1. The minimum atomic E-state index is -1.51. The zero-order chi connectivity index (χ0) is 17.2. The molecular weight excluding hydrogens is 315 g/mol. The van der Waals surface area contributed by atoms with Crippen LogP contribution in [0.4, 0.5) is 4.79 Å². The number of carbonyl (C=O) groups excluding carboxylic acids is 1. The topological polar surface area (TPSA) is 63.6 Å². The van der Waals surface area contributed by atoms with Crippen LogP contribution >= 0.6 is 0 Å². The molecule has 0 spiro atoms. The van der Waals surface area contributed by atoms with E-state index in [1.54, 1.807) is 0 Å². The first-order valence-corrected chi connectivity index (χ1v) is 9.25. The van der Waals surface area contributed by atoms with Crippen LogP contribution in [0.3, 0.4) is 0 Å². The number of esters is 1. The maximum atomic E-state index is 11.0. The summed E-state index contributed by atoms with van der Waals surface area (Å²) in [6.45, 7) is 2.25. The van der Waals surface area contributed by atoms with Gasteiger partial charge in [0.1, 0.15) is 0 Å². The van der Waals surface area contributed by atoms with Gasteiger partial charge in [-0.15, -0.1) is 0 Å². The molecule has 0 saturated carbocycles. The number of rotatable bonds is 15. The van der Waals surface area contributed by atoms with Crippen molar-refractivity contribution in [2.75, 3.05) is 0 Å². The first-order chi connectivity index (χ1) is 11.2. The summed E-state index contributed by atoms with van der Waals surface area (Å²) < 4.78 is 4.04. The van der Waals surface area contributed by atoms with Gasteiger partial charge in [0.05, 0.1) is 0 Å². The van der Waals surface area contributed by atoms with Crippen LogP contribution in [0.2, 0.25) is 0 Å². The summed E-state index contributed by atoms with van der Waals surface area (Å²) in [5.41, 5.74) is 0. The van der Waals surface area contributed by atoms with Gasteiger partial charge in [0.25, 0.3) is 0 Å². The van der Waals surface area contributed by atoms with Gasteiger partial charge in [-0.2, -0.15) is 0 Å². The van der Waals surface area contributed by atoms with E-state index in [4.69, 9.17) is 5.11 Å². The summed E-state index contributed by atoms with van der Waals surface area (Å²) in [5.74, 6) is -0.643. The molecule has 0 aliphatic carbocycles. The average molecular weight is 349 g/mol. The van der Waals surface area contributed by atoms with Gasteiger partial charge in [0.15, 0.2) is 0 Å². The fourth-order valence-electron chi connectivity index (χ4n) is 2.49. The van der Waals surface area contributed by atoms with Crippen molar-refractivity contribution in [2.24, 2.45) is 0 Å². The number of hydrogen-bond donors (Lipinski definition) is 1. The summed E-state index contributed by atoms with van der Waals surface area (Å²) in [5, 5.41) is 8.26. The van der Waals surface area contributed by atoms with Gasteiger partial charge >= 0.3 is 12.1 Å². The Morgan fingerprint density at radius 1 is 0.792 bits per heavy atom. The molecule has 1 N–H and O–H groups in total. The number of carbonyl (C=O) groups is 2. The number of unbranched alkanes of at least 4 members (excludes halogenated alkanes) is 11. The van der Waals surface area contributed by atoms with Gasteiger partial charge in [-0.25, -0.2) is 4.79 Å². The Hall–Kier alpha value is -0.320. The van der Waals surface area contributed by atoms with E-state index >= 15 is 0 Å². The second kappa shape index (κ2) is 20.7. The van der Waals surface area contributed by atoms with E-state index in [1.165, 1.54) is 51.4 Å². The number of allylic oxidation sites excluding steroid dienone is 2. The predicted octanol–water partition coefficient (Wildman–Crippen LogP) is 5.86. The molecule has 0 unspecified atom stereocenters. The van der Waals surface area contributed by atoms with E-state index in [0.29, 0.717) is 6.42 Å². The molecule has 0 bridgehead atoms. The minimum Gasteiger partial charge on any atom is -0.449 e. The van der Waals surface area contributed by atoms with Crippen molar-refractivity contribution in [2.45, 2.75) is 96.8 Å². The van der Waals surface area contributed by atoms with Gasteiger partial charge < -0.3 is 9.84 Å². The van der Waals surface area contributed by atoms with E-state index < -0.39 is 12.1 Å². The number of hydrogen-bond acceptors (Lipinski definition) is 3. The molecule has 0 atom stereocenters.